The van der Waals surface area contributed by atoms with Gasteiger partial charge in [-0.25, -0.2) is 0 Å². The second kappa shape index (κ2) is 7.22. The van der Waals surface area contributed by atoms with E-state index in [9.17, 15) is 4.79 Å². The molecule has 0 atom stereocenters. The first-order chi connectivity index (χ1) is 10.1. The molecule has 0 radical (unpaired) electrons. The summed E-state index contributed by atoms with van der Waals surface area (Å²) in [5, 5.41) is 5.30. The largest absolute Gasteiger partial charge is 0.385 e. The average Bonchev–Trinajstić information content (AvgIpc) is 2.98. The normalized spacial score (nSPS) is 10.4. The fourth-order valence-corrected chi connectivity index (χ4v) is 2.81. The molecule has 0 unspecified atom stereocenters. The minimum absolute atomic E-state index is 0.00926. The predicted molar refractivity (Wildman–Crippen MR) is 88.1 cm³/mol. The minimum atomic E-state index is 0.00926. The summed E-state index contributed by atoms with van der Waals surface area (Å²) in [6.45, 7) is 5.43. The number of aromatic nitrogens is 1. The van der Waals surface area contributed by atoms with Crippen molar-refractivity contribution in [1.82, 2.24) is 9.88 Å². The van der Waals surface area contributed by atoms with Gasteiger partial charge in [0.15, 0.2) is 0 Å². The van der Waals surface area contributed by atoms with Crippen LogP contribution in [0, 0.1) is 6.92 Å². The third-order valence-corrected chi connectivity index (χ3v) is 4.19. The number of anilines is 1. The van der Waals surface area contributed by atoms with Crippen molar-refractivity contribution in [1.29, 1.82) is 0 Å². The fourth-order valence-electron chi connectivity index (χ4n) is 2.11. The summed E-state index contributed by atoms with van der Waals surface area (Å²) in [6.07, 6.45) is 2.55. The summed E-state index contributed by atoms with van der Waals surface area (Å²) in [5.74, 6) is 0.00926. The molecule has 1 amide bonds. The van der Waals surface area contributed by atoms with E-state index < -0.39 is 0 Å². The SMILES string of the molecule is CCNc1cc(C)ncc1C(=O)N(C)CCc1cccs1. The quantitative estimate of drug-likeness (QED) is 0.891. The van der Waals surface area contributed by atoms with Crippen LogP contribution in [0.1, 0.15) is 27.9 Å². The minimum Gasteiger partial charge on any atom is -0.385 e. The number of hydrogen-bond acceptors (Lipinski definition) is 4. The lowest BCUT2D eigenvalue weighted by Gasteiger charge is -2.19. The van der Waals surface area contributed by atoms with Gasteiger partial charge >= 0.3 is 0 Å². The Hall–Kier alpha value is -1.88. The summed E-state index contributed by atoms with van der Waals surface area (Å²) in [5.41, 5.74) is 2.40. The maximum absolute atomic E-state index is 12.6. The molecule has 2 rings (SSSR count). The summed E-state index contributed by atoms with van der Waals surface area (Å²) in [4.78, 5) is 19.9. The molecule has 5 heteroatoms. The molecule has 0 saturated heterocycles. The molecule has 1 N–H and O–H groups in total. The van der Waals surface area contributed by atoms with Crippen molar-refractivity contribution in [3.8, 4) is 0 Å². The molecular weight excluding hydrogens is 282 g/mol. The van der Waals surface area contributed by atoms with Crippen LogP contribution in [0.15, 0.2) is 29.8 Å². The van der Waals surface area contributed by atoms with Crippen molar-refractivity contribution >= 4 is 22.9 Å². The summed E-state index contributed by atoms with van der Waals surface area (Å²) in [6, 6.07) is 6.05. The maximum atomic E-state index is 12.6. The lowest BCUT2D eigenvalue weighted by atomic mass is 10.1. The van der Waals surface area contributed by atoms with Crippen LogP contribution in [-0.2, 0) is 6.42 Å². The second-order valence-corrected chi connectivity index (χ2v) is 5.99. The predicted octanol–water partition coefficient (Wildman–Crippen LogP) is 3.20. The number of nitrogens with one attached hydrogen (secondary N) is 1. The zero-order valence-electron chi connectivity index (χ0n) is 12.7. The molecule has 2 aromatic rings. The number of carbonyl (C=O) groups excluding carboxylic acids is 1. The highest BCUT2D eigenvalue weighted by molar-refractivity contribution is 7.09. The number of pyridine rings is 1. The Labute approximate surface area is 129 Å². The van der Waals surface area contributed by atoms with Crippen LogP contribution >= 0.6 is 11.3 Å². The molecule has 0 fully saturated rings. The number of hydrogen-bond donors (Lipinski definition) is 1. The molecule has 0 aliphatic carbocycles. The van der Waals surface area contributed by atoms with Crippen LogP contribution in [0.25, 0.3) is 0 Å². The van der Waals surface area contributed by atoms with E-state index in [1.54, 1.807) is 22.4 Å². The molecule has 0 aliphatic heterocycles. The van der Waals surface area contributed by atoms with Crippen LogP contribution in [0.4, 0.5) is 5.69 Å². The molecule has 0 spiro atoms. The number of nitrogens with zero attached hydrogens (tertiary/aromatic N) is 2. The van der Waals surface area contributed by atoms with Crippen LogP contribution in [0.5, 0.6) is 0 Å². The van der Waals surface area contributed by atoms with Crippen molar-refractivity contribution in [2.24, 2.45) is 0 Å². The van der Waals surface area contributed by atoms with Crippen molar-refractivity contribution in [3.63, 3.8) is 0 Å². The first-order valence-corrected chi connectivity index (χ1v) is 7.98. The van der Waals surface area contributed by atoms with Crippen molar-refractivity contribution in [2.45, 2.75) is 20.3 Å². The van der Waals surface area contributed by atoms with Gasteiger partial charge in [-0.15, -0.1) is 11.3 Å². The zero-order chi connectivity index (χ0) is 15.2. The van der Waals surface area contributed by atoms with Crippen LogP contribution in [0.3, 0.4) is 0 Å². The van der Waals surface area contributed by atoms with E-state index in [1.807, 2.05) is 33.0 Å². The Morgan fingerprint density at radius 3 is 2.95 bits per heavy atom. The first kappa shape index (κ1) is 15.5. The van der Waals surface area contributed by atoms with Gasteiger partial charge in [0.05, 0.1) is 11.3 Å². The molecule has 0 saturated carbocycles. The van der Waals surface area contributed by atoms with Crippen LogP contribution < -0.4 is 5.32 Å². The molecule has 0 aliphatic rings. The van der Waals surface area contributed by atoms with Gasteiger partial charge in [0.1, 0.15) is 0 Å². The highest BCUT2D eigenvalue weighted by Gasteiger charge is 2.16. The molecule has 21 heavy (non-hydrogen) atoms. The summed E-state index contributed by atoms with van der Waals surface area (Å²) >= 11 is 1.72. The number of carbonyl (C=O) groups is 1. The fraction of sp³-hybridized carbons (Fsp3) is 0.375. The second-order valence-electron chi connectivity index (χ2n) is 4.96. The Balaban J connectivity index is 2.07. The number of aryl methyl sites for hydroxylation is 1. The molecule has 4 nitrogen and oxygen atoms in total. The van der Waals surface area contributed by atoms with Gasteiger partial charge in [-0.3, -0.25) is 9.78 Å². The Morgan fingerprint density at radius 2 is 2.29 bits per heavy atom. The van der Waals surface area contributed by atoms with E-state index in [2.05, 4.69) is 21.7 Å². The Morgan fingerprint density at radius 1 is 1.48 bits per heavy atom. The standard InChI is InChI=1S/C16H21N3OS/c1-4-17-15-10-12(2)18-11-14(15)16(20)19(3)8-7-13-6-5-9-21-13/h5-6,9-11H,4,7-8H2,1-3H3,(H,17,18). The first-order valence-electron chi connectivity index (χ1n) is 7.10. The van der Waals surface area contributed by atoms with E-state index >= 15 is 0 Å². The summed E-state index contributed by atoms with van der Waals surface area (Å²) in [7, 11) is 1.84. The molecule has 2 aromatic heterocycles. The van der Waals surface area contributed by atoms with Crippen LogP contribution in [0.2, 0.25) is 0 Å². The number of likely N-dealkylation sites (N-methyl/N-ethyl adjacent to an activating group) is 1. The topological polar surface area (TPSA) is 45.2 Å². The zero-order valence-corrected chi connectivity index (χ0v) is 13.5. The highest BCUT2D eigenvalue weighted by atomic mass is 32.1. The molecule has 112 valence electrons. The van der Waals surface area contributed by atoms with Gasteiger partial charge < -0.3 is 10.2 Å². The molecule has 2 heterocycles. The van der Waals surface area contributed by atoms with Gasteiger partial charge in [0.2, 0.25) is 0 Å². The van der Waals surface area contributed by atoms with Crippen molar-refractivity contribution in [2.75, 3.05) is 25.5 Å². The monoisotopic (exact) mass is 303 g/mol. The average molecular weight is 303 g/mol. The van der Waals surface area contributed by atoms with Gasteiger partial charge in [-0.1, -0.05) is 6.07 Å². The van der Waals surface area contributed by atoms with Crippen molar-refractivity contribution < 1.29 is 4.79 Å². The Bertz CT molecular complexity index is 596. The van der Waals surface area contributed by atoms with Gasteiger partial charge in [0, 0.05) is 36.9 Å². The van der Waals surface area contributed by atoms with E-state index in [1.165, 1.54) is 4.88 Å². The van der Waals surface area contributed by atoms with Gasteiger partial charge in [-0.05, 0) is 37.8 Å². The molecule has 0 bridgehead atoms. The van der Waals surface area contributed by atoms with E-state index in [0.717, 1.165) is 24.3 Å². The third-order valence-electron chi connectivity index (χ3n) is 3.26. The summed E-state index contributed by atoms with van der Waals surface area (Å²) < 4.78 is 0. The maximum Gasteiger partial charge on any atom is 0.257 e. The van der Waals surface area contributed by atoms with Gasteiger partial charge in [0.25, 0.3) is 5.91 Å². The Kier molecular flexibility index (Phi) is 5.33. The van der Waals surface area contributed by atoms with Crippen LogP contribution in [-0.4, -0.2) is 35.9 Å². The lowest BCUT2D eigenvalue weighted by Crippen LogP contribution is -2.29. The van der Waals surface area contributed by atoms with E-state index in [4.69, 9.17) is 0 Å². The molecule has 0 aromatic carbocycles. The van der Waals surface area contributed by atoms with Gasteiger partial charge in [-0.2, -0.15) is 0 Å². The molecular formula is C16H21N3OS. The highest BCUT2D eigenvalue weighted by Crippen LogP contribution is 2.18. The third kappa shape index (κ3) is 4.04. The lowest BCUT2D eigenvalue weighted by molar-refractivity contribution is 0.0797. The number of amides is 1. The van der Waals surface area contributed by atoms with Crippen molar-refractivity contribution in [3.05, 3.63) is 45.9 Å². The van der Waals surface area contributed by atoms with E-state index in [0.29, 0.717) is 12.1 Å². The van der Waals surface area contributed by atoms with E-state index in [-0.39, 0.29) is 5.91 Å². The number of thiophene rings is 1. The number of rotatable bonds is 6. The smallest absolute Gasteiger partial charge is 0.257 e.